The number of methoxy groups -OCH3 is 1. The molecule has 0 bridgehead atoms. The molecule has 0 amide bonds. The van der Waals surface area contributed by atoms with Crippen LogP contribution in [0.2, 0.25) is 0 Å². The lowest BCUT2D eigenvalue weighted by atomic mass is 10.2. The molecule has 2 heterocycles. The van der Waals surface area contributed by atoms with Gasteiger partial charge >= 0.3 is 0 Å². The monoisotopic (exact) mass is 236 g/mol. The third-order valence-electron chi connectivity index (χ3n) is 2.27. The van der Waals surface area contributed by atoms with Crippen LogP contribution in [-0.4, -0.2) is 12.9 Å². The lowest BCUT2D eigenvalue weighted by Gasteiger charge is -1.93. The number of ether oxygens (including phenoxy) is 1. The van der Waals surface area contributed by atoms with Gasteiger partial charge in [-0.25, -0.2) is 0 Å². The molecule has 4 heteroatoms. The number of hydrogen-bond acceptors (Lipinski definition) is 4. The average Bonchev–Trinajstić information content (AvgIpc) is 2.97. The van der Waals surface area contributed by atoms with E-state index < -0.39 is 0 Å². The predicted octanol–water partition coefficient (Wildman–Crippen LogP) is 3.14. The number of thiophene rings is 1. The molecule has 0 N–H and O–H groups in total. The van der Waals surface area contributed by atoms with Crippen LogP contribution in [0, 0.1) is 0 Å². The lowest BCUT2D eigenvalue weighted by Crippen LogP contribution is -1.95. The quantitative estimate of drug-likeness (QED) is 0.765. The molecule has 2 aromatic rings. The van der Waals surface area contributed by atoms with Gasteiger partial charge in [-0.15, -0.1) is 11.3 Å². The van der Waals surface area contributed by atoms with Crippen molar-refractivity contribution in [3.8, 4) is 5.75 Å². The Bertz CT molecular complexity index is 452. The van der Waals surface area contributed by atoms with Crippen LogP contribution in [0.1, 0.15) is 28.1 Å². The molecule has 0 fully saturated rings. The van der Waals surface area contributed by atoms with Crippen molar-refractivity contribution in [1.82, 2.24) is 0 Å². The molecule has 3 nitrogen and oxygen atoms in total. The van der Waals surface area contributed by atoms with Crippen LogP contribution in [0.5, 0.6) is 5.75 Å². The molecule has 0 spiro atoms. The highest BCUT2D eigenvalue weighted by molar-refractivity contribution is 7.12. The van der Waals surface area contributed by atoms with Gasteiger partial charge < -0.3 is 9.15 Å². The maximum atomic E-state index is 12.0. The molecule has 0 aliphatic rings. The number of ketones is 1. The Hall–Kier alpha value is -1.55. The van der Waals surface area contributed by atoms with Crippen LogP contribution in [0.25, 0.3) is 0 Å². The van der Waals surface area contributed by atoms with Gasteiger partial charge in [0.25, 0.3) is 0 Å². The van der Waals surface area contributed by atoms with E-state index in [0.717, 1.165) is 12.2 Å². The Morgan fingerprint density at radius 2 is 2.31 bits per heavy atom. The van der Waals surface area contributed by atoms with Crippen molar-refractivity contribution in [2.45, 2.75) is 13.3 Å². The summed E-state index contributed by atoms with van der Waals surface area (Å²) >= 11 is 1.36. The number of carbonyl (C=O) groups excluding carboxylic acids is 1. The molecular formula is C12H12O3S. The lowest BCUT2D eigenvalue weighted by molar-refractivity contribution is 0.101. The Morgan fingerprint density at radius 1 is 1.50 bits per heavy atom. The summed E-state index contributed by atoms with van der Waals surface area (Å²) in [4.78, 5) is 12.6. The van der Waals surface area contributed by atoms with E-state index in [1.165, 1.54) is 11.3 Å². The number of furan rings is 1. The summed E-state index contributed by atoms with van der Waals surface area (Å²) in [6.07, 6.45) is 0.793. The van der Waals surface area contributed by atoms with Crippen LogP contribution in [0.15, 0.2) is 28.0 Å². The molecule has 16 heavy (non-hydrogen) atoms. The zero-order valence-electron chi connectivity index (χ0n) is 9.15. The minimum Gasteiger partial charge on any atom is -0.496 e. The van der Waals surface area contributed by atoms with E-state index in [4.69, 9.17) is 9.15 Å². The van der Waals surface area contributed by atoms with Gasteiger partial charge in [0.05, 0.1) is 12.0 Å². The van der Waals surface area contributed by atoms with E-state index in [1.54, 1.807) is 24.6 Å². The standard InChI is InChI=1S/C12H12O3S/c1-3-8-4-5-10(15-8)12(13)11-6-9(14-2)7-16-11/h4-7H,3H2,1-2H3. The van der Waals surface area contributed by atoms with Crippen LogP contribution in [-0.2, 0) is 6.42 Å². The number of rotatable bonds is 4. The Balaban J connectivity index is 2.24. The molecule has 84 valence electrons. The third-order valence-corrected chi connectivity index (χ3v) is 3.18. The van der Waals surface area contributed by atoms with Crippen molar-refractivity contribution in [1.29, 1.82) is 0 Å². The highest BCUT2D eigenvalue weighted by atomic mass is 32.1. The van der Waals surface area contributed by atoms with Crippen LogP contribution >= 0.6 is 11.3 Å². The summed E-state index contributed by atoms with van der Waals surface area (Å²) < 4.78 is 10.4. The molecule has 0 unspecified atom stereocenters. The first-order valence-corrected chi connectivity index (χ1v) is 5.88. The molecule has 0 saturated heterocycles. The van der Waals surface area contributed by atoms with Crippen LogP contribution < -0.4 is 4.74 Å². The van der Waals surface area contributed by atoms with Gasteiger partial charge in [-0.1, -0.05) is 6.92 Å². The van der Waals surface area contributed by atoms with E-state index >= 15 is 0 Å². The van der Waals surface area contributed by atoms with Crippen molar-refractivity contribution in [3.63, 3.8) is 0 Å². The van der Waals surface area contributed by atoms with Gasteiger partial charge in [0.2, 0.25) is 5.78 Å². The number of hydrogen-bond donors (Lipinski definition) is 0. The molecule has 0 saturated carbocycles. The number of carbonyl (C=O) groups is 1. The van der Waals surface area contributed by atoms with Crippen LogP contribution in [0.4, 0.5) is 0 Å². The van der Waals surface area contributed by atoms with Crippen molar-refractivity contribution in [2.24, 2.45) is 0 Å². The minimum absolute atomic E-state index is 0.0898. The predicted molar refractivity (Wildman–Crippen MR) is 62.4 cm³/mol. The van der Waals surface area contributed by atoms with Crippen molar-refractivity contribution in [2.75, 3.05) is 7.11 Å². The molecular weight excluding hydrogens is 224 g/mol. The van der Waals surface area contributed by atoms with E-state index in [-0.39, 0.29) is 5.78 Å². The summed E-state index contributed by atoms with van der Waals surface area (Å²) in [5.74, 6) is 1.83. The van der Waals surface area contributed by atoms with Gasteiger partial charge in [0.1, 0.15) is 11.5 Å². The second-order valence-electron chi connectivity index (χ2n) is 3.30. The number of aryl methyl sites for hydroxylation is 1. The zero-order chi connectivity index (χ0) is 11.5. The van der Waals surface area contributed by atoms with Gasteiger partial charge in [0.15, 0.2) is 5.76 Å². The summed E-state index contributed by atoms with van der Waals surface area (Å²) in [6.45, 7) is 1.99. The van der Waals surface area contributed by atoms with Crippen molar-refractivity contribution < 1.29 is 13.9 Å². The topological polar surface area (TPSA) is 39.4 Å². The van der Waals surface area contributed by atoms with Gasteiger partial charge in [-0.2, -0.15) is 0 Å². The summed E-state index contributed by atoms with van der Waals surface area (Å²) in [5.41, 5.74) is 0. The summed E-state index contributed by atoms with van der Waals surface area (Å²) in [6, 6.07) is 5.27. The minimum atomic E-state index is -0.0898. The first-order chi connectivity index (χ1) is 7.74. The molecule has 0 atom stereocenters. The fraction of sp³-hybridized carbons (Fsp3) is 0.250. The van der Waals surface area contributed by atoms with E-state index in [2.05, 4.69) is 0 Å². The SMILES string of the molecule is CCc1ccc(C(=O)c2cc(OC)cs2)o1. The van der Waals surface area contributed by atoms with Gasteiger partial charge in [-0.3, -0.25) is 4.79 Å². The fourth-order valence-electron chi connectivity index (χ4n) is 1.36. The molecule has 0 aliphatic carbocycles. The smallest absolute Gasteiger partial charge is 0.238 e. The Kier molecular flexibility index (Phi) is 3.10. The zero-order valence-corrected chi connectivity index (χ0v) is 9.97. The van der Waals surface area contributed by atoms with Gasteiger partial charge in [0, 0.05) is 17.9 Å². The molecule has 0 aromatic carbocycles. The Labute approximate surface area is 97.7 Å². The Morgan fingerprint density at radius 3 is 2.88 bits per heavy atom. The maximum Gasteiger partial charge on any atom is 0.238 e. The molecule has 2 rings (SSSR count). The average molecular weight is 236 g/mol. The maximum absolute atomic E-state index is 12.0. The molecule has 0 aliphatic heterocycles. The van der Waals surface area contributed by atoms with Gasteiger partial charge in [-0.05, 0) is 12.1 Å². The molecule has 2 aromatic heterocycles. The van der Waals surface area contributed by atoms with Crippen LogP contribution in [0.3, 0.4) is 0 Å². The summed E-state index contributed by atoms with van der Waals surface area (Å²) in [7, 11) is 1.58. The first kappa shape index (κ1) is 11.0. The largest absolute Gasteiger partial charge is 0.496 e. The van der Waals surface area contributed by atoms with E-state index in [1.807, 2.05) is 13.0 Å². The van der Waals surface area contributed by atoms with Crippen molar-refractivity contribution >= 4 is 17.1 Å². The molecule has 0 radical (unpaired) electrons. The second kappa shape index (κ2) is 4.53. The first-order valence-electron chi connectivity index (χ1n) is 5.00. The fourth-order valence-corrected chi connectivity index (χ4v) is 2.16. The normalized spacial score (nSPS) is 10.4. The van der Waals surface area contributed by atoms with E-state index in [9.17, 15) is 4.79 Å². The highest BCUT2D eigenvalue weighted by Gasteiger charge is 2.15. The second-order valence-corrected chi connectivity index (χ2v) is 4.21. The summed E-state index contributed by atoms with van der Waals surface area (Å²) in [5, 5.41) is 1.80. The van der Waals surface area contributed by atoms with Crippen molar-refractivity contribution in [3.05, 3.63) is 40.0 Å². The third kappa shape index (κ3) is 2.02. The van der Waals surface area contributed by atoms with E-state index in [0.29, 0.717) is 16.4 Å². The highest BCUT2D eigenvalue weighted by Crippen LogP contribution is 2.24.